The molecule has 2 rings (SSSR count). The molecule has 2 heterocycles. The molecule has 27 heavy (non-hydrogen) atoms. The fourth-order valence-corrected chi connectivity index (χ4v) is 2.95. The van der Waals surface area contributed by atoms with Crippen LogP contribution in [0.25, 0.3) is 0 Å². The zero-order valence-electron chi connectivity index (χ0n) is 14.0. The molecule has 0 amide bonds. The van der Waals surface area contributed by atoms with Gasteiger partial charge in [0, 0.05) is 0 Å². The standard InChI is InChI=1S/C14H23FO12/c15-1-7(19)25-12-9(21)6(3-17)26-14(12,4-18)27-13-11(23)10(22)8(20)5(2-16)24-13/h5-6,8-13,16-18,20-23H,1-4H2/t5-,6-,8-,9-,10+,11-,12+,13-,14+/m1/s1. The van der Waals surface area contributed by atoms with Gasteiger partial charge in [-0.25, -0.2) is 9.18 Å². The molecule has 0 aromatic carbocycles. The molecule has 2 saturated heterocycles. The number of carbonyl (C=O) groups is 1. The summed E-state index contributed by atoms with van der Waals surface area (Å²) in [5.74, 6) is -3.82. The van der Waals surface area contributed by atoms with Crippen LogP contribution in [0, 0.1) is 0 Å². The van der Waals surface area contributed by atoms with Crippen LogP contribution in [0.5, 0.6) is 0 Å². The van der Waals surface area contributed by atoms with Gasteiger partial charge in [-0.1, -0.05) is 0 Å². The summed E-state index contributed by atoms with van der Waals surface area (Å²) in [6, 6.07) is 0. The molecular weight excluding hydrogens is 379 g/mol. The summed E-state index contributed by atoms with van der Waals surface area (Å²) >= 11 is 0. The van der Waals surface area contributed by atoms with Gasteiger partial charge in [0.2, 0.25) is 5.79 Å². The first-order valence-electron chi connectivity index (χ1n) is 8.06. The quantitative estimate of drug-likeness (QED) is 0.201. The second-order valence-electron chi connectivity index (χ2n) is 6.16. The van der Waals surface area contributed by atoms with Crippen LogP contribution in [0.3, 0.4) is 0 Å². The number of aliphatic hydroxyl groups excluding tert-OH is 7. The molecule has 12 nitrogen and oxygen atoms in total. The van der Waals surface area contributed by atoms with Crippen molar-refractivity contribution in [3.8, 4) is 0 Å². The van der Waals surface area contributed by atoms with E-state index < -0.39 is 87.3 Å². The molecule has 0 saturated carbocycles. The molecular formula is C14H23FO12. The average molecular weight is 402 g/mol. The maximum absolute atomic E-state index is 12.5. The predicted octanol–water partition coefficient (Wildman–Crippen LogP) is -4.88. The highest BCUT2D eigenvalue weighted by Crippen LogP contribution is 2.37. The lowest BCUT2D eigenvalue weighted by atomic mass is 9.99. The smallest absolute Gasteiger partial charge is 0.338 e. The monoisotopic (exact) mass is 402 g/mol. The van der Waals surface area contributed by atoms with E-state index in [0.29, 0.717) is 0 Å². The van der Waals surface area contributed by atoms with Gasteiger partial charge in [0.05, 0.1) is 13.2 Å². The van der Waals surface area contributed by atoms with Crippen LogP contribution in [0.4, 0.5) is 4.39 Å². The number of alkyl halides is 1. The Bertz CT molecular complexity index is 506. The zero-order valence-corrected chi connectivity index (χ0v) is 14.0. The predicted molar refractivity (Wildman–Crippen MR) is 78.5 cm³/mol. The number of esters is 1. The summed E-state index contributed by atoms with van der Waals surface area (Å²) in [6.07, 6.45) is -13.5. The summed E-state index contributed by atoms with van der Waals surface area (Å²) in [5, 5.41) is 67.9. The second-order valence-corrected chi connectivity index (χ2v) is 6.16. The minimum absolute atomic E-state index is 0.764. The van der Waals surface area contributed by atoms with Crippen LogP contribution in [0.15, 0.2) is 0 Å². The third kappa shape index (κ3) is 4.22. The van der Waals surface area contributed by atoms with Crippen molar-refractivity contribution < 1.29 is 63.9 Å². The molecule has 0 bridgehead atoms. The van der Waals surface area contributed by atoms with Gasteiger partial charge in [-0.3, -0.25) is 0 Å². The fourth-order valence-electron chi connectivity index (χ4n) is 2.95. The van der Waals surface area contributed by atoms with Crippen molar-refractivity contribution in [2.75, 3.05) is 26.5 Å². The Morgan fingerprint density at radius 3 is 2.11 bits per heavy atom. The first-order chi connectivity index (χ1) is 12.7. The van der Waals surface area contributed by atoms with Crippen molar-refractivity contribution in [3.05, 3.63) is 0 Å². The number of rotatable bonds is 7. The molecule has 13 heteroatoms. The molecule has 2 fully saturated rings. The maximum Gasteiger partial charge on any atom is 0.338 e. The topological polar surface area (TPSA) is 196 Å². The van der Waals surface area contributed by atoms with Crippen molar-refractivity contribution in [2.24, 2.45) is 0 Å². The number of hydrogen-bond donors (Lipinski definition) is 7. The normalized spacial score (nSPS) is 45.0. The SMILES string of the molecule is O=C(CF)O[C@H]1[C@H](O)[C@@H](CO)O[C@@]1(CO)O[C@H]1O[C@H](CO)[C@@H](O)[C@H](O)[C@H]1O. The van der Waals surface area contributed by atoms with Crippen LogP contribution >= 0.6 is 0 Å². The molecule has 0 aromatic heterocycles. The number of hydrogen-bond acceptors (Lipinski definition) is 12. The van der Waals surface area contributed by atoms with E-state index in [0.717, 1.165) is 0 Å². The van der Waals surface area contributed by atoms with Crippen molar-refractivity contribution in [1.29, 1.82) is 0 Å². The minimum Gasteiger partial charge on any atom is -0.452 e. The Kier molecular flexibility index (Phi) is 7.43. The van der Waals surface area contributed by atoms with Gasteiger partial charge in [0.1, 0.15) is 43.2 Å². The lowest BCUT2D eigenvalue weighted by Crippen LogP contribution is -2.63. The first-order valence-corrected chi connectivity index (χ1v) is 8.06. The lowest BCUT2D eigenvalue weighted by molar-refractivity contribution is -0.383. The van der Waals surface area contributed by atoms with Crippen molar-refractivity contribution in [1.82, 2.24) is 0 Å². The van der Waals surface area contributed by atoms with Crippen molar-refractivity contribution in [2.45, 2.75) is 54.8 Å². The van der Waals surface area contributed by atoms with E-state index in [2.05, 4.69) is 0 Å². The van der Waals surface area contributed by atoms with Crippen molar-refractivity contribution >= 4 is 5.97 Å². The summed E-state index contributed by atoms with van der Waals surface area (Å²) in [5.41, 5.74) is 0. The van der Waals surface area contributed by atoms with Gasteiger partial charge in [-0.2, -0.15) is 0 Å². The van der Waals surface area contributed by atoms with E-state index in [4.69, 9.17) is 18.9 Å². The minimum atomic E-state index is -2.40. The van der Waals surface area contributed by atoms with Gasteiger partial charge in [-0.15, -0.1) is 0 Å². The van der Waals surface area contributed by atoms with Gasteiger partial charge >= 0.3 is 5.97 Å². The zero-order chi connectivity index (χ0) is 20.4. The molecule has 0 radical (unpaired) electrons. The maximum atomic E-state index is 12.5. The Morgan fingerprint density at radius 2 is 1.59 bits per heavy atom. The number of carbonyl (C=O) groups excluding carboxylic acids is 1. The molecule has 9 atom stereocenters. The van der Waals surface area contributed by atoms with Gasteiger partial charge in [0.15, 0.2) is 19.1 Å². The second kappa shape index (κ2) is 9.00. The van der Waals surface area contributed by atoms with E-state index in [9.17, 15) is 44.9 Å². The fraction of sp³-hybridized carbons (Fsp3) is 0.929. The van der Waals surface area contributed by atoms with E-state index in [1.165, 1.54) is 0 Å². The number of ether oxygens (including phenoxy) is 4. The van der Waals surface area contributed by atoms with E-state index in [1.54, 1.807) is 0 Å². The van der Waals surface area contributed by atoms with E-state index in [1.807, 2.05) is 0 Å². The van der Waals surface area contributed by atoms with Crippen LogP contribution in [0.1, 0.15) is 0 Å². The lowest BCUT2D eigenvalue weighted by Gasteiger charge is -2.43. The van der Waals surface area contributed by atoms with Gasteiger partial charge < -0.3 is 54.7 Å². The third-order valence-electron chi connectivity index (χ3n) is 4.41. The highest BCUT2D eigenvalue weighted by atomic mass is 19.1. The molecule has 0 spiro atoms. The summed E-state index contributed by atoms with van der Waals surface area (Å²) in [7, 11) is 0. The Balaban J connectivity index is 2.28. The van der Waals surface area contributed by atoms with Crippen LogP contribution in [-0.4, -0.2) is 123 Å². The van der Waals surface area contributed by atoms with Crippen LogP contribution in [0.2, 0.25) is 0 Å². The number of halogens is 1. The van der Waals surface area contributed by atoms with E-state index in [-0.39, 0.29) is 0 Å². The van der Waals surface area contributed by atoms with Gasteiger partial charge in [0.25, 0.3) is 0 Å². The molecule has 7 N–H and O–H groups in total. The molecule has 0 aliphatic carbocycles. The first kappa shape index (κ1) is 22.3. The van der Waals surface area contributed by atoms with Gasteiger partial charge in [-0.05, 0) is 0 Å². The molecule has 0 aromatic rings. The number of aliphatic hydroxyl groups is 7. The average Bonchev–Trinajstić information content (AvgIpc) is 2.94. The molecule has 158 valence electrons. The Morgan fingerprint density at radius 1 is 0.963 bits per heavy atom. The molecule has 2 aliphatic heterocycles. The highest BCUT2D eigenvalue weighted by Gasteiger charge is 2.60. The summed E-state index contributed by atoms with van der Waals surface area (Å²) in [4.78, 5) is 11.3. The molecule has 2 aliphatic rings. The largest absolute Gasteiger partial charge is 0.452 e. The van der Waals surface area contributed by atoms with Crippen LogP contribution in [-0.2, 0) is 23.7 Å². The summed E-state index contributed by atoms with van der Waals surface area (Å²) < 4.78 is 32.9. The highest BCUT2D eigenvalue weighted by molar-refractivity contribution is 5.70. The summed E-state index contributed by atoms with van der Waals surface area (Å²) in [6.45, 7) is -4.21. The van der Waals surface area contributed by atoms with Crippen LogP contribution < -0.4 is 0 Å². The molecule has 0 unspecified atom stereocenters. The third-order valence-corrected chi connectivity index (χ3v) is 4.41. The van der Waals surface area contributed by atoms with E-state index >= 15 is 0 Å². The Hall–Kier alpha value is -1.00. The Labute approximate surface area is 152 Å². The van der Waals surface area contributed by atoms with Crippen molar-refractivity contribution in [3.63, 3.8) is 0 Å².